The van der Waals surface area contributed by atoms with Crippen molar-refractivity contribution < 1.29 is 18.3 Å². The summed E-state index contributed by atoms with van der Waals surface area (Å²) in [7, 11) is 0. The molecule has 0 radical (unpaired) electrons. The van der Waals surface area contributed by atoms with Crippen molar-refractivity contribution in [2.24, 2.45) is 0 Å². The molecule has 0 saturated carbocycles. The van der Waals surface area contributed by atoms with E-state index in [0.717, 1.165) is 0 Å². The molecule has 2 N–H and O–H groups in total. The standard InChI is InChI=1S/C21H14F2N4O3/c22-21(23)30-15-9-2-1-6-12(15)18-26-17-13(7-5-8-14(17)20(29)27-18)19(28)25-16-10-3-4-11-24-16/h1-11,21H,(H,24,25,28)(H,26,27,29). The van der Waals surface area contributed by atoms with Crippen molar-refractivity contribution in [2.45, 2.75) is 6.61 Å². The quantitative estimate of drug-likeness (QED) is 0.523. The van der Waals surface area contributed by atoms with E-state index in [9.17, 15) is 18.4 Å². The maximum atomic E-state index is 12.8. The molecule has 150 valence electrons. The monoisotopic (exact) mass is 408 g/mol. The molecule has 0 atom stereocenters. The van der Waals surface area contributed by atoms with E-state index in [1.165, 1.54) is 36.5 Å². The first kappa shape index (κ1) is 19.2. The summed E-state index contributed by atoms with van der Waals surface area (Å²) >= 11 is 0. The first-order valence-electron chi connectivity index (χ1n) is 8.82. The normalized spacial score (nSPS) is 10.9. The number of hydrogen-bond acceptors (Lipinski definition) is 5. The first-order chi connectivity index (χ1) is 14.5. The Hall–Kier alpha value is -4.14. The molecule has 0 spiro atoms. The van der Waals surface area contributed by atoms with E-state index >= 15 is 0 Å². The van der Waals surface area contributed by atoms with Crippen molar-refractivity contribution in [1.82, 2.24) is 15.0 Å². The molecule has 0 unspecified atom stereocenters. The third-order valence-electron chi connectivity index (χ3n) is 4.25. The van der Waals surface area contributed by atoms with Gasteiger partial charge in [0.05, 0.1) is 22.0 Å². The van der Waals surface area contributed by atoms with Gasteiger partial charge in [-0.2, -0.15) is 8.78 Å². The summed E-state index contributed by atoms with van der Waals surface area (Å²) in [5, 5.41) is 2.82. The molecule has 9 heteroatoms. The van der Waals surface area contributed by atoms with Crippen LogP contribution in [0.2, 0.25) is 0 Å². The van der Waals surface area contributed by atoms with Crippen LogP contribution in [0.5, 0.6) is 5.75 Å². The second kappa shape index (κ2) is 8.08. The van der Waals surface area contributed by atoms with Gasteiger partial charge in [0.1, 0.15) is 17.4 Å². The maximum Gasteiger partial charge on any atom is 0.387 e. The van der Waals surface area contributed by atoms with Crippen molar-refractivity contribution in [1.29, 1.82) is 0 Å². The van der Waals surface area contributed by atoms with Crippen molar-refractivity contribution >= 4 is 22.6 Å². The van der Waals surface area contributed by atoms with Gasteiger partial charge in [0.15, 0.2) is 0 Å². The van der Waals surface area contributed by atoms with Crippen LogP contribution >= 0.6 is 0 Å². The summed E-state index contributed by atoms with van der Waals surface area (Å²) in [6, 6.07) is 15.6. The number of amides is 1. The highest BCUT2D eigenvalue weighted by Crippen LogP contribution is 2.29. The second-order valence-corrected chi connectivity index (χ2v) is 6.16. The molecule has 2 heterocycles. The number of alkyl halides is 2. The van der Waals surface area contributed by atoms with Crippen LogP contribution in [0.3, 0.4) is 0 Å². The molecule has 7 nitrogen and oxygen atoms in total. The predicted octanol–water partition coefficient (Wildman–Crippen LogP) is 3.84. The second-order valence-electron chi connectivity index (χ2n) is 6.16. The van der Waals surface area contributed by atoms with Crippen LogP contribution in [-0.2, 0) is 0 Å². The number of ether oxygens (including phenoxy) is 1. The van der Waals surface area contributed by atoms with Crippen LogP contribution in [0.25, 0.3) is 22.3 Å². The number of nitrogens with one attached hydrogen (secondary N) is 2. The number of H-pyrrole nitrogens is 1. The molecule has 0 aliphatic heterocycles. The highest BCUT2D eigenvalue weighted by atomic mass is 19.3. The predicted molar refractivity (Wildman–Crippen MR) is 107 cm³/mol. The number of aromatic nitrogens is 3. The number of halogens is 2. The van der Waals surface area contributed by atoms with Gasteiger partial charge in [-0.25, -0.2) is 9.97 Å². The number of fused-ring (bicyclic) bond motifs is 1. The molecular formula is C21H14F2N4O3. The summed E-state index contributed by atoms with van der Waals surface area (Å²) in [6.07, 6.45) is 1.53. The van der Waals surface area contributed by atoms with Crippen LogP contribution in [0.4, 0.5) is 14.6 Å². The van der Waals surface area contributed by atoms with Gasteiger partial charge in [-0.3, -0.25) is 9.59 Å². The van der Waals surface area contributed by atoms with E-state index < -0.39 is 18.1 Å². The molecule has 2 aromatic carbocycles. The van der Waals surface area contributed by atoms with E-state index in [-0.39, 0.29) is 33.6 Å². The Labute approximate surface area is 168 Å². The topological polar surface area (TPSA) is 97.0 Å². The van der Waals surface area contributed by atoms with Crippen LogP contribution < -0.4 is 15.6 Å². The number of carbonyl (C=O) groups is 1. The van der Waals surface area contributed by atoms with Gasteiger partial charge in [0, 0.05) is 6.20 Å². The molecule has 4 aromatic rings. The van der Waals surface area contributed by atoms with Gasteiger partial charge in [0.2, 0.25) is 0 Å². The van der Waals surface area contributed by atoms with Crippen LogP contribution in [-0.4, -0.2) is 27.5 Å². The summed E-state index contributed by atoms with van der Waals surface area (Å²) in [5.41, 5.74) is -0.0969. The van der Waals surface area contributed by atoms with Gasteiger partial charge in [0.25, 0.3) is 11.5 Å². The van der Waals surface area contributed by atoms with Crippen LogP contribution in [0, 0.1) is 0 Å². The van der Waals surface area contributed by atoms with E-state index in [1.807, 2.05) is 0 Å². The number of carbonyl (C=O) groups excluding carboxylic acids is 1. The Morgan fingerprint density at radius 1 is 1.03 bits per heavy atom. The van der Waals surface area contributed by atoms with Crippen LogP contribution in [0.1, 0.15) is 10.4 Å². The number of pyridine rings is 1. The summed E-state index contributed by atoms with van der Waals surface area (Å²) in [4.78, 5) is 36.4. The Balaban J connectivity index is 1.83. The fourth-order valence-corrected chi connectivity index (χ4v) is 2.95. The van der Waals surface area contributed by atoms with Crippen molar-refractivity contribution in [3.05, 3.63) is 82.8 Å². The molecule has 0 bridgehead atoms. The van der Waals surface area contributed by atoms with Gasteiger partial charge in [-0.15, -0.1) is 0 Å². The average Bonchev–Trinajstić information content (AvgIpc) is 2.74. The smallest absolute Gasteiger partial charge is 0.387 e. The van der Waals surface area contributed by atoms with E-state index in [1.54, 1.807) is 30.3 Å². The number of nitrogens with zero attached hydrogens (tertiary/aromatic N) is 2. The molecule has 1 amide bonds. The van der Waals surface area contributed by atoms with Crippen molar-refractivity contribution in [2.75, 3.05) is 5.32 Å². The third kappa shape index (κ3) is 3.86. The van der Waals surface area contributed by atoms with E-state index in [4.69, 9.17) is 0 Å². The van der Waals surface area contributed by atoms with Gasteiger partial charge < -0.3 is 15.0 Å². The Bertz CT molecular complexity index is 1280. The average molecular weight is 408 g/mol. The summed E-state index contributed by atoms with van der Waals surface area (Å²) < 4.78 is 30.0. The molecule has 0 fully saturated rings. The summed E-state index contributed by atoms with van der Waals surface area (Å²) in [5.74, 6) is -0.326. The lowest BCUT2D eigenvalue weighted by atomic mass is 10.1. The molecule has 0 saturated heterocycles. The zero-order valence-corrected chi connectivity index (χ0v) is 15.3. The first-order valence-corrected chi connectivity index (χ1v) is 8.82. The van der Waals surface area contributed by atoms with E-state index in [2.05, 4.69) is 25.0 Å². The number of anilines is 1. The zero-order chi connectivity index (χ0) is 21.1. The zero-order valence-electron chi connectivity index (χ0n) is 15.3. The number of hydrogen-bond donors (Lipinski definition) is 2. The lowest BCUT2D eigenvalue weighted by molar-refractivity contribution is -0.0494. The Kier molecular flexibility index (Phi) is 5.17. The SMILES string of the molecule is O=C(Nc1ccccn1)c1cccc2c(=O)[nH]c(-c3ccccc3OC(F)F)nc12. The highest BCUT2D eigenvalue weighted by Gasteiger charge is 2.18. The molecule has 0 aliphatic rings. The summed E-state index contributed by atoms with van der Waals surface area (Å²) in [6.45, 7) is -3.04. The van der Waals surface area contributed by atoms with Gasteiger partial charge in [-0.1, -0.05) is 24.3 Å². The molecule has 30 heavy (non-hydrogen) atoms. The minimum absolute atomic E-state index is 0.00170. The largest absolute Gasteiger partial charge is 0.434 e. The van der Waals surface area contributed by atoms with Gasteiger partial charge in [-0.05, 0) is 36.4 Å². The maximum absolute atomic E-state index is 12.8. The highest BCUT2D eigenvalue weighted by molar-refractivity contribution is 6.11. The molecule has 4 rings (SSSR count). The number of benzene rings is 2. The minimum Gasteiger partial charge on any atom is -0.434 e. The molecule has 0 aliphatic carbocycles. The van der Waals surface area contributed by atoms with Crippen molar-refractivity contribution in [3.63, 3.8) is 0 Å². The minimum atomic E-state index is -3.04. The van der Waals surface area contributed by atoms with Crippen molar-refractivity contribution in [3.8, 4) is 17.1 Å². The fourth-order valence-electron chi connectivity index (χ4n) is 2.95. The lowest BCUT2D eigenvalue weighted by Gasteiger charge is -2.11. The van der Waals surface area contributed by atoms with E-state index in [0.29, 0.717) is 5.82 Å². The molecular weight excluding hydrogens is 394 g/mol. The third-order valence-corrected chi connectivity index (χ3v) is 4.25. The van der Waals surface area contributed by atoms with Gasteiger partial charge >= 0.3 is 6.61 Å². The van der Waals surface area contributed by atoms with Crippen LogP contribution in [0.15, 0.2) is 71.7 Å². The Morgan fingerprint density at radius 2 is 1.83 bits per heavy atom. The fraction of sp³-hybridized carbons (Fsp3) is 0.0476. The number of para-hydroxylation sites is 2. The molecule has 2 aromatic heterocycles. The Morgan fingerprint density at radius 3 is 2.60 bits per heavy atom. The number of aromatic amines is 1. The number of rotatable bonds is 5. The lowest BCUT2D eigenvalue weighted by Crippen LogP contribution is -2.17.